The summed E-state index contributed by atoms with van der Waals surface area (Å²) in [5.41, 5.74) is 1.68. The maximum Gasteiger partial charge on any atom is 0.269 e. The van der Waals surface area contributed by atoms with Gasteiger partial charge in [-0.2, -0.15) is 5.10 Å². The van der Waals surface area contributed by atoms with Crippen molar-refractivity contribution in [3.8, 4) is 0 Å². The Labute approximate surface area is 130 Å². The molecule has 0 spiro atoms. The van der Waals surface area contributed by atoms with Crippen molar-refractivity contribution >= 4 is 5.91 Å². The highest BCUT2D eigenvalue weighted by molar-refractivity contribution is 5.92. The van der Waals surface area contributed by atoms with Gasteiger partial charge in [0.1, 0.15) is 11.5 Å². The molecule has 0 aliphatic rings. The van der Waals surface area contributed by atoms with Crippen molar-refractivity contribution in [3.05, 3.63) is 35.7 Å². The zero-order chi connectivity index (χ0) is 15.9. The molecule has 22 heavy (non-hydrogen) atoms. The van der Waals surface area contributed by atoms with Gasteiger partial charge in [-0.1, -0.05) is 0 Å². The highest BCUT2D eigenvalue weighted by Gasteiger charge is 2.11. The quantitative estimate of drug-likeness (QED) is 0.790. The summed E-state index contributed by atoms with van der Waals surface area (Å²) in [6.07, 6.45) is 4.17. The van der Waals surface area contributed by atoms with Gasteiger partial charge in [-0.15, -0.1) is 0 Å². The minimum Gasteiger partial charge on any atom is -0.383 e. The van der Waals surface area contributed by atoms with Gasteiger partial charge in [0.25, 0.3) is 5.91 Å². The number of aromatic nitrogens is 4. The lowest BCUT2D eigenvalue weighted by atomic mass is 10.3. The number of amides is 1. The number of hydrogen-bond donors (Lipinski definition) is 1. The van der Waals surface area contributed by atoms with E-state index in [-0.39, 0.29) is 5.91 Å². The van der Waals surface area contributed by atoms with Crippen LogP contribution in [0.15, 0.2) is 18.5 Å². The summed E-state index contributed by atoms with van der Waals surface area (Å²) >= 11 is 0. The average Bonchev–Trinajstić information content (AvgIpc) is 3.12. The van der Waals surface area contributed by atoms with E-state index in [0.717, 1.165) is 18.1 Å². The van der Waals surface area contributed by atoms with Crippen molar-refractivity contribution in [1.29, 1.82) is 0 Å². The zero-order valence-electron chi connectivity index (χ0n) is 13.4. The number of nitrogens with zero attached hydrogens (tertiary/aromatic N) is 4. The molecule has 1 amide bonds. The molecule has 0 atom stereocenters. The number of rotatable bonds is 8. The van der Waals surface area contributed by atoms with Crippen molar-refractivity contribution in [2.45, 2.75) is 33.4 Å². The number of nitrogens with one attached hydrogen (secondary N) is 1. The number of aryl methyl sites for hydroxylation is 2. The smallest absolute Gasteiger partial charge is 0.269 e. The zero-order valence-corrected chi connectivity index (χ0v) is 13.4. The number of carbonyl (C=O) groups excluding carboxylic acids is 1. The lowest BCUT2D eigenvalue weighted by molar-refractivity contribution is 0.0943. The van der Waals surface area contributed by atoms with E-state index in [0.29, 0.717) is 31.8 Å². The highest BCUT2D eigenvalue weighted by atomic mass is 16.5. The van der Waals surface area contributed by atoms with Crippen LogP contribution in [0.1, 0.15) is 28.9 Å². The molecule has 2 aromatic rings. The van der Waals surface area contributed by atoms with Gasteiger partial charge in [0.05, 0.1) is 6.61 Å². The monoisotopic (exact) mass is 305 g/mol. The van der Waals surface area contributed by atoms with Crippen molar-refractivity contribution in [2.75, 3.05) is 20.3 Å². The second kappa shape index (κ2) is 7.74. The number of carbonyl (C=O) groups is 1. The minimum atomic E-state index is -0.105. The molecular formula is C15H23N5O2. The third-order valence-corrected chi connectivity index (χ3v) is 3.54. The van der Waals surface area contributed by atoms with E-state index in [2.05, 4.69) is 20.0 Å². The van der Waals surface area contributed by atoms with E-state index in [1.165, 1.54) is 0 Å². The summed E-state index contributed by atoms with van der Waals surface area (Å²) < 4.78 is 8.91. The lowest BCUT2D eigenvalue weighted by Crippen LogP contribution is -2.28. The van der Waals surface area contributed by atoms with Gasteiger partial charge in [-0.05, 0) is 19.9 Å². The molecule has 120 valence electrons. The van der Waals surface area contributed by atoms with Gasteiger partial charge in [-0.25, -0.2) is 4.98 Å². The molecule has 7 nitrogen and oxygen atoms in total. The van der Waals surface area contributed by atoms with E-state index >= 15 is 0 Å². The molecule has 1 N–H and O–H groups in total. The summed E-state index contributed by atoms with van der Waals surface area (Å²) in [6, 6.07) is 1.72. The molecule has 0 fully saturated rings. The van der Waals surface area contributed by atoms with Gasteiger partial charge in [0.2, 0.25) is 0 Å². The van der Waals surface area contributed by atoms with Crippen LogP contribution in [0.2, 0.25) is 0 Å². The number of methoxy groups -OCH3 is 1. The Balaban J connectivity index is 1.90. The first-order chi connectivity index (χ1) is 10.7. The lowest BCUT2D eigenvalue weighted by Gasteiger charge is -2.10. The van der Waals surface area contributed by atoms with E-state index in [4.69, 9.17) is 4.74 Å². The maximum atomic E-state index is 12.1. The van der Waals surface area contributed by atoms with Crippen molar-refractivity contribution in [1.82, 2.24) is 24.6 Å². The molecule has 2 rings (SSSR count). The van der Waals surface area contributed by atoms with Crippen molar-refractivity contribution < 1.29 is 9.53 Å². The topological polar surface area (TPSA) is 74.0 Å². The van der Waals surface area contributed by atoms with Gasteiger partial charge in [0.15, 0.2) is 0 Å². The molecule has 0 saturated carbocycles. The molecule has 0 radical (unpaired) electrons. The molecule has 0 aromatic carbocycles. The molecule has 0 aliphatic heterocycles. The van der Waals surface area contributed by atoms with Crippen LogP contribution in [-0.2, 0) is 24.2 Å². The number of hydrogen-bond acceptors (Lipinski definition) is 4. The van der Waals surface area contributed by atoms with Crippen molar-refractivity contribution in [3.63, 3.8) is 0 Å². The first-order valence-corrected chi connectivity index (χ1v) is 7.47. The van der Waals surface area contributed by atoms with Gasteiger partial charge >= 0.3 is 0 Å². The molecule has 0 unspecified atom stereocenters. The van der Waals surface area contributed by atoms with Crippen LogP contribution in [0.3, 0.4) is 0 Å². The molecule has 2 heterocycles. The SMILES string of the molecule is CCn1nccc1C(=O)NCCc1ncc(C)n1CCOC. The van der Waals surface area contributed by atoms with E-state index in [9.17, 15) is 4.79 Å². The number of ether oxygens (including phenoxy) is 1. The standard InChI is InChI=1S/C15H23N5O2/c1-4-20-13(5-8-18-20)15(21)16-7-6-14-17-11-12(2)19(14)9-10-22-3/h5,8,11H,4,6-7,9-10H2,1-3H3,(H,16,21). The average molecular weight is 305 g/mol. The molecule has 0 saturated heterocycles. The number of imidazole rings is 1. The Morgan fingerprint density at radius 3 is 3.00 bits per heavy atom. The second-order valence-corrected chi connectivity index (χ2v) is 5.00. The summed E-state index contributed by atoms with van der Waals surface area (Å²) in [5, 5.41) is 7.02. The Morgan fingerprint density at radius 2 is 2.27 bits per heavy atom. The van der Waals surface area contributed by atoms with Crippen LogP contribution in [0.4, 0.5) is 0 Å². The third kappa shape index (κ3) is 3.73. The van der Waals surface area contributed by atoms with Crippen LogP contribution in [0.5, 0.6) is 0 Å². The molecule has 7 heteroatoms. The summed E-state index contributed by atoms with van der Waals surface area (Å²) in [7, 11) is 1.68. The fraction of sp³-hybridized carbons (Fsp3) is 0.533. The Hall–Kier alpha value is -2.15. The molecule has 0 aliphatic carbocycles. The normalized spacial score (nSPS) is 10.9. The fourth-order valence-electron chi connectivity index (χ4n) is 2.35. The molecule has 0 bridgehead atoms. The van der Waals surface area contributed by atoms with Crippen LogP contribution in [-0.4, -0.2) is 45.5 Å². The van der Waals surface area contributed by atoms with Gasteiger partial charge in [0, 0.05) is 51.3 Å². The van der Waals surface area contributed by atoms with E-state index < -0.39 is 0 Å². The first-order valence-electron chi connectivity index (χ1n) is 7.47. The van der Waals surface area contributed by atoms with E-state index in [1.807, 2.05) is 20.0 Å². The minimum absolute atomic E-state index is 0.105. The summed E-state index contributed by atoms with van der Waals surface area (Å²) in [4.78, 5) is 16.5. The fourth-order valence-corrected chi connectivity index (χ4v) is 2.35. The third-order valence-electron chi connectivity index (χ3n) is 3.54. The van der Waals surface area contributed by atoms with Gasteiger partial charge in [-0.3, -0.25) is 9.48 Å². The van der Waals surface area contributed by atoms with Crippen LogP contribution in [0, 0.1) is 6.92 Å². The second-order valence-electron chi connectivity index (χ2n) is 5.00. The van der Waals surface area contributed by atoms with E-state index in [1.54, 1.807) is 24.1 Å². The van der Waals surface area contributed by atoms with Gasteiger partial charge < -0.3 is 14.6 Å². The molecule has 2 aromatic heterocycles. The summed E-state index contributed by atoms with van der Waals surface area (Å²) in [6.45, 7) is 6.61. The van der Waals surface area contributed by atoms with Crippen LogP contribution in [0.25, 0.3) is 0 Å². The molecular weight excluding hydrogens is 282 g/mol. The largest absolute Gasteiger partial charge is 0.383 e. The predicted molar refractivity (Wildman–Crippen MR) is 82.8 cm³/mol. The van der Waals surface area contributed by atoms with Crippen LogP contribution < -0.4 is 5.32 Å². The highest BCUT2D eigenvalue weighted by Crippen LogP contribution is 2.05. The Morgan fingerprint density at radius 1 is 1.45 bits per heavy atom. The Bertz CT molecular complexity index is 617. The predicted octanol–water partition coefficient (Wildman–Crippen LogP) is 1.03. The van der Waals surface area contributed by atoms with Crippen molar-refractivity contribution in [2.24, 2.45) is 0 Å². The Kier molecular flexibility index (Phi) is 5.71. The summed E-state index contributed by atoms with van der Waals surface area (Å²) in [5.74, 6) is 0.852. The maximum absolute atomic E-state index is 12.1. The first kappa shape index (κ1) is 16.2. The van der Waals surface area contributed by atoms with Crippen LogP contribution >= 0.6 is 0 Å².